The summed E-state index contributed by atoms with van der Waals surface area (Å²) in [6, 6.07) is 10.4. The van der Waals surface area contributed by atoms with Gasteiger partial charge in [-0.15, -0.1) is 0 Å². The van der Waals surface area contributed by atoms with Crippen LogP contribution in [-0.4, -0.2) is 32.5 Å². The Hall–Kier alpha value is -2.67. The Kier molecular flexibility index (Phi) is 5.56. The highest BCUT2D eigenvalue weighted by atomic mass is 32.2. The molecule has 0 radical (unpaired) electrons. The topological polar surface area (TPSA) is 83.6 Å². The highest BCUT2D eigenvalue weighted by Crippen LogP contribution is 2.30. The van der Waals surface area contributed by atoms with Gasteiger partial charge in [0.05, 0.1) is 10.6 Å². The Balaban J connectivity index is 1.66. The van der Waals surface area contributed by atoms with Gasteiger partial charge in [0.1, 0.15) is 0 Å². The molecule has 6 nitrogen and oxygen atoms in total. The molecular formula is C21H24N2O4S. The van der Waals surface area contributed by atoms with Crippen molar-refractivity contribution in [3.8, 4) is 0 Å². The fourth-order valence-electron chi connectivity index (χ4n) is 3.29. The molecule has 2 aromatic carbocycles. The molecule has 1 N–H and O–H groups in total. The van der Waals surface area contributed by atoms with E-state index in [1.165, 1.54) is 13.0 Å². The number of carbonyl (C=O) groups is 2. The van der Waals surface area contributed by atoms with Crippen LogP contribution in [0.2, 0.25) is 0 Å². The minimum absolute atomic E-state index is 0.0580. The monoisotopic (exact) mass is 400 g/mol. The molecule has 2 aromatic rings. The maximum atomic E-state index is 12.6. The predicted molar refractivity (Wildman–Crippen MR) is 109 cm³/mol. The largest absolute Gasteiger partial charge is 0.326 e. The summed E-state index contributed by atoms with van der Waals surface area (Å²) in [5.41, 5.74) is 4.45. The van der Waals surface area contributed by atoms with Crippen molar-refractivity contribution in [3.63, 3.8) is 0 Å². The standard InChI is InChI=1S/C21H24N2O4S/c1-14-4-5-18(12-15(14)2)22-21(25)9-11-28(26,27)19-6-7-20-17(13-19)8-10-23(20)16(3)24/h4-7,12-13H,8-11H2,1-3H3,(H,22,25). The fourth-order valence-corrected chi connectivity index (χ4v) is 4.57. The quantitative estimate of drug-likeness (QED) is 0.836. The van der Waals surface area contributed by atoms with Crippen molar-refractivity contribution < 1.29 is 18.0 Å². The fraction of sp³-hybridized carbons (Fsp3) is 0.333. The van der Waals surface area contributed by atoms with Crippen LogP contribution in [0.5, 0.6) is 0 Å². The highest BCUT2D eigenvalue weighted by Gasteiger charge is 2.25. The highest BCUT2D eigenvalue weighted by molar-refractivity contribution is 7.91. The number of nitrogens with zero attached hydrogens (tertiary/aromatic N) is 1. The molecule has 0 aliphatic carbocycles. The number of nitrogens with one attached hydrogen (secondary N) is 1. The number of anilines is 2. The van der Waals surface area contributed by atoms with E-state index in [2.05, 4.69) is 5.32 Å². The van der Waals surface area contributed by atoms with Gasteiger partial charge in [-0.05, 0) is 67.3 Å². The third kappa shape index (κ3) is 4.25. The molecule has 1 heterocycles. The van der Waals surface area contributed by atoms with E-state index in [1.807, 2.05) is 26.0 Å². The van der Waals surface area contributed by atoms with E-state index in [4.69, 9.17) is 0 Å². The molecule has 0 saturated carbocycles. The van der Waals surface area contributed by atoms with Crippen molar-refractivity contribution in [2.75, 3.05) is 22.5 Å². The van der Waals surface area contributed by atoms with Crippen molar-refractivity contribution in [3.05, 3.63) is 53.1 Å². The van der Waals surface area contributed by atoms with Crippen LogP contribution in [0.25, 0.3) is 0 Å². The number of sulfone groups is 1. The summed E-state index contributed by atoms with van der Waals surface area (Å²) < 4.78 is 25.3. The first kappa shape index (κ1) is 20.1. The summed E-state index contributed by atoms with van der Waals surface area (Å²) in [7, 11) is -3.59. The van der Waals surface area contributed by atoms with Crippen molar-refractivity contribution in [1.82, 2.24) is 0 Å². The summed E-state index contributed by atoms with van der Waals surface area (Å²) in [6.07, 6.45) is 0.511. The third-order valence-corrected chi connectivity index (χ3v) is 6.79. The van der Waals surface area contributed by atoms with Crippen LogP contribution in [0.3, 0.4) is 0 Å². The van der Waals surface area contributed by atoms with Gasteiger partial charge in [0.15, 0.2) is 9.84 Å². The number of hydrogen-bond acceptors (Lipinski definition) is 4. The lowest BCUT2D eigenvalue weighted by Gasteiger charge is -2.15. The summed E-state index contributed by atoms with van der Waals surface area (Å²) in [4.78, 5) is 25.6. The lowest BCUT2D eigenvalue weighted by Crippen LogP contribution is -2.25. The van der Waals surface area contributed by atoms with E-state index >= 15 is 0 Å². The Morgan fingerprint density at radius 3 is 2.50 bits per heavy atom. The summed E-state index contributed by atoms with van der Waals surface area (Å²) in [5.74, 6) is -0.660. The smallest absolute Gasteiger partial charge is 0.225 e. The van der Waals surface area contributed by atoms with Crippen LogP contribution in [0.1, 0.15) is 30.0 Å². The molecule has 148 valence electrons. The van der Waals surface area contributed by atoms with Crippen LogP contribution < -0.4 is 10.2 Å². The van der Waals surface area contributed by atoms with Gasteiger partial charge in [0.25, 0.3) is 0 Å². The molecule has 0 atom stereocenters. The van der Waals surface area contributed by atoms with Gasteiger partial charge in [-0.1, -0.05) is 6.07 Å². The number of aryl methyl sites for hydroxylation is 2. The van der Waals surface area contributed by atoms with Gasteiger partial charge in [0, 0.05) is 31.3 Å². The molecule has 0 spiro atoms. The molecule has 0 bridgehead atoms. The summed E-state index contributed by atoms with van der Waals surface area (Å²) >= 11 is 0. The first-order valence-corrected chi connectivity index (χ1v) is 10.8. The van der Waals surface area contributed by atoms with E-state index in [0.29, 0.717) is 18.7 Å². The average Bonchev–Trinajstić information content (AvgIpc) is 3.07. The van der Waals surface area contributed by atoms with Crippen LogP contribution >= 0.6 is 0 Å². The van der Waals surface area contributed by atoms with Crippen molar-refractivity contribution >= 4 is 33.0 Å². The Bertz CT molecular complexity index is 1040. The van der Waals surface area contributed by atoms with Crippen LogP contribution in [0, 0.1) is 13.8 Å². The van der Waals surface area contributed by atoms with Crippen LogP contribution in [0.15, 0.2) is 41.3 Å². The molecule has 1 aliphatic heterocycles. The Labute approximate surface area is 165 Å². The van der Waals surface area contributed by atoms with Gasteiger partial charge in [-0.3, -0.25) is 9.59 Å². The van der Waals surface area contributed by atoms with Gasteiger partial charge in [-0.25, -0.2) is 8.42 Å². The molecule has 0 unspecified atom stereocenters. The molecule has 2 amide bonds. The Morgan fingerprint density at radius 2 is 1.82 bits per heavy atom. The summed E-state index contributed by atoms with van der Waals surface area (Å²) in [5, 5.41) is 2.75. The van der Waals surface area contributed by atoms with Gasteiger partial charge >= 0.3 is 0 Å². The van der Waals surface area contributed by atoms with Crippen LogP contribution in [-0.2, 0) is 25.8 Å². The molecule has 1 aliphatic rings. The Morgan fingerprint density at radius 1 is 1.07 bits per heavy atom. The lowest BCUT2D eigenvalue weighted by molar-refractivity contribution is -0.117. The zero-order valence-corrected chi connectivity index (χ0v) is 17.1. The number of fused-ring (bicyclic) bond motifs is 1. The number of benzene rings is 2. The molecule has 3 rings (SSSR count). The zero-order valence-electron chi connectivity index (χ0n) is 16.3. The third-order valence-electron chi connectivity index (χ3n) is 5.07. The zero-order chi connectivity index (χ0) is 20.5. The van der Waals surface area contributed by atoms with E-state index in [1.54, 1.807) is 23.1 Å². The lowest BCUT2D eigenvalue weighted by atomic mass is 10.1. The normalized spacial score (nSPS) is 13.3. The summed E-state index contributed by atoms with van der Waals surface area (Å²) in [6.45, 7) is 6.00. The van der Waals surface area contributed by atoms with E-state index in [0.717, 1.165) is 22.4 Å². The first-order chi connectivity index (χ1) is 13.2. The SMILES string of the molecule is CC(=O)N1CCc2cc(S(=O)(=O)CCC(=O)Nc3ccc(C)c(C)c3)ccc21. The maximum absolute atomic E-state index is 12.6. The molecule has 28 heavy (non-hydrogen) atoms. The van der Waals surface area contributed by atoms with Crippen molar-refractivity contribution in [2.24, 2.45) is 0 Å². The first-order valence-electron chi connectivity index (χ1n) is 9.18. The van der Waals surface area contributed by atoms with Crippen molar-refractivity contribution in [1.29, 1.82) is 0 Å². The number of rotatable bonds is 5. The molecule has 0 fully saturated rings. The molecule has 0 saturated heterocycles. The van der Waals surface area contributed by atoms with Crippen LogP contribution in [0.4, 0.5) is 11.4 Å². The van der Waals surface area contributed by atoms with E-state index in [9.17, 15) is 18.0 Å². The second-order valence-corrected chi connectivity index (χ2v) is 9.24. The predicted octanol–water partition coefficient (Wildman–Crippen LogP) is 3.01. The van der Waals surface area contributed by atoms with Gasteiger partial charge < -0.3 is 10.2 Å². The number of carbonyl (C=O) groups excluding carboxylic acids is 2. The van der Waals surface area contributed by atoms with E-state index < -0.39 is 9.84 Å². The maximum Gasteiger partial charge on any atom is 0.225 e. The average molecular weight is 401 g/mol. The molecule has 0 aromatic heterocycles. The number of amides is 2. The van der Waals surface area contributed by atoms with Gasteiger partial charge in [-0.2, -0.15) is 0 Å². The second kappa shape index (κ2) is 7.75. The number of hydrogen-bond donors (Lipinski definition) is 1. The van der Waals surface area contributed by atoms with Crippen molar-refractivity contribution in [2.45, 2.75) is 38.5 Å². The molecular weight excluding hydrogens is 376 g/mol. The van der Waals surface area contributed by atoms with E-state index in [-0.39, 0.29) is 28.9 Å². The van der Waals surface area contributed by atoms with Gasteiger partial charge in [0.2, 0.25) is 11.8 Å². The minimum Gasteiger partial charge on any atom is -0.326 e. The molecule has 7 heteroatoms. The minimum atomic E-state index is -3.59. The second-order valence-electron chi connectivity index (χ2n) is 7.13.